The van der Waals surface area contributed by atoms with Crippen LogP contribution < -0.4 is 0 Å². The maximum Gasteiger partial charge on any atom is 0.0845 e. The third-order valence-corrected chi connectivity index (χ3v) is 3.31. The minimum Gasteiger partial charge on any atom is -0.381 e. The largest absolute Gasteiger partial charge is 0.381 e. The van der Waals surface area contributed by atoms with Crippen LogP contribution in [0.3, 0.4) is 0 Å². The number of hydrogen-bond donors (Lipinski definition) is 0. The van der Waals surface area contributed by atoms with Crippen molar-refractivity contribution >= 4 is 0 Å². The molecule has 0 spiro atoms. The normalized spacial score (nSPS) is 42.9. The second-order valence-corrected chi connectivity index (χ2v) is 4.50. The first-order valence-electron chi connectivity index (χ1n) is 5.54. The molecule has 4 atom stereocenters. The van der Waals surface area contributed by atoms with E-state index in [-0.39, 0.29) is 0 Å². The average Bonchev–Trinajstić information content (AvgIpc) is 2.83. The van der Waals surface area contributed by atoms with Gasteiger partial charge in [-0.1, -0.05) is 13.8 Å². The number of rotatable bonds is 4. The third kappa shape index (κ3) is 2.23. The lowest BCUT2D eigenvalue weighted by molar-refractivity contribution is 0.0689. The van der Waals surface area contributed by atoms with Crippen LogP contribution in [0.1, 0.15) is 33.1 Å². The predicted octanol–water partition coefficient (Wildman–Crippen LogP) is 2.23. The molecule has 1 aliphatic heterocycles. The molecule has 0 amide bonds. The fourth-order valence-electron chi connectivity index (χ4n) is 2.29. The molecule has 76 valence electrons. The van der Waals surface area contributed by atoms with E-state index in [9.17, 15) is 0 Å². The van der Waals surface area contributed by atoms with E-state index in [1.54, 1.807) is 0 Å². The molecule has 2 fully saturated rings. The van der Waals surface area contributed by atoms with Crippen molar-refractivity contribution in [1.82, 2.24) is 0 Å². The molecule has 4 unspecified atom stereocenters. The summed E-state index contributed by atoms with van der Waals surface area (Å²) in [6, 6.07) is 0. The van der Waals surface area contributed by atoms with Crippen molar-refractivity contribution in [1.29, 1.82) is 0 Å². The molecular formula is C11H20O2. The van der Waals surface area contributed by atoms with Crippen LogP contribution in [-0.2, 0) is 9.47 Å². The minimum atomic E-state index is 0.589. The molecule has 2 heteroatoms. The van der Waals surface area contributed by atoms with Gasteiger partial charge in [0.2, 0.25) is 0 Å². The molecule has 0 bridgehead atoms. The Bertz CT molecular complexity index is 169. The van der Waals surface area contributed by atoms with Crippen LogP contribution in [0.5, 0.6) is 0 Å². The molecule has 0 N–H and O–H groups in total. The Kier molecular flexibility index (Phi) is 2.89. The second kappa shape index (κ2) is 3.97. The maximum absolute atomic E-state index is 5.60. The second-order valence-electron chi connectivity index (χ2n) is 4.50. The molecule has 1 saturated heterocycles. The molecule has 1 aliphatic carbocycles. The fourth-order valence-corrected chi connectivity index (χ4v) is 2.29. The van der Waals surface area contributed by atoms with E-state index in [1.807, 2.05) is 0 Å². The standard InChI is InChI=1S/C11H20O2/c1-3-4-12-7-9-6-11-10(13-11)5-8(9)2/h8-11H,3-7H2,1-2H3. The van der Waals surface area contributed by atoms with Crippen molar-refractivity contribution in [3.63, 3.8) is 0 Å². The summed E-state index contributed by atoms with van der Waals surface area (Å²) in [7, 11) is 0. The van der Waals surface area contributed by atoms with E-state index in [0.29, 0.717) is 12.2 Å². The Labute approximate surface area is 80.6 Å². The summed E-state index contributed by atoms with van der Waals surface area (Å²) in [6.45, 7) is 6.35. The lowest BCUT2D eigenvalue weighted by Crippen LogP contribution is -2.26. The van der Waals surface area contributed by atoms with E-state index in [1.165, 1.54) is 12.8 Å². The highest BCUT2D eigenvalue weighted by atomic mass is 16.6. The summed E-state index contributed by atoms with van der Waals surface area (Å²) in [5.74, 6) is 1.54. The van der Waals surface area contributed by atoms with Crippen LogP contribution in [0.4, 0.5) is 0 Å². The molecular weight excluding hydrogens is 164 g/mol. The first-order valence-corrected chi connectivity index (χ1v) is 5.54. The van der Waals surface area contributed by atoms with E-state index >= 15 is 0 Å². The van der Waals surface area contributed by atoms with Crippen molar-refractivity contribution in [2.24, 2.45) is 11.8 Å². The summed E-state index contributed by atoms with van der Waals surface area (Å²) >= 11 is 0. The van der Waals surface area contributed by atoms with Gasteiger partial charge in [-0.3, -0.25) is 0 Å². The highest BCUT2D eigenvalue weighted by Crippen LogP contribution is 2.42. The molecule has 0 radical (unpaired) electrons. The molecule has 0 aromatic heterocycles. The van der Waals surface area contributed by atoms with Gasteiger partial charge in [-0.15, -0.1) is 0 Å². The molecule has 13 heavy (non-hydrogen) atoms. The van der Waals surface area contributed by atoms with E-state index in [2.05, 4.69) is 13.8 Å². The predicted molar refractivity (Wildman–Crippen MR) is 51.7 cm³/mol. The zero-order chi connectivity index (χ0) is 9.26. The molecule has 0 aromatic carbocycles. The van der Waals surface area contributed by atoms with Gasteiger partial charge >= 0.3 is 0 Å². The number of hydrogen-bond acceptors (Lipinski definition) is 2. The van der Waals surface area contributed by atoms with E-state index < -0.39 is 0 Å². The van der Waals surface area contributed by atoms with E-state index in [4.69, 9.17) is 9.47 Å². The van der Waals surface area contributed by atoms with Crippen molar-refractivity contribution in [3.8, 4) is 0 Å². The van der Waals surface area contributed by atoms with Gasteiger partial charge in [0.25, 0.3) is 0 Å². The van der Waals surface area contributed by atoms with Crippen LogP contribution in [0.25, 0.3) is 0 Å². The van der Waals surface area contributed by atoms with Crippen LogP contribution in [0.2, 0.25) is 0 Å². The summed E-state index contributed by atoms with van der Waals surface area (Å²) < 4.78 is 11.1. The fraction of sp³-hybridized carbons (Fsp3) is 1.00. The van der Waals surface area contributed by atoms with Gasteiger partial charge in [0, 0.05) is 13.2 Å². The van der Waals surface area contributed by atoms with Crippen LogP contribution in [-0.4, -0.2) is 25.4 Å². The smallest absolute Gasteiger partial charge is 0.0845 e. The topological polar surface area (TPSA) is 21.8 Å². The summed E-state index contributed by atoms with van der Waals surface area (Å²) in [5.41, 5.74) is 0. The van der Waals surface area contributed by atoms with Gasteiger partial charge < -0.3 is 9.47 Å². The zero-order valence-corrected chi connectivity index (χ0v) is 8.66. The lowest BCUT2D eigenvalue weighted by atomic mass is 9.81. The molecule has 2 rings (SSSR count). The van der Waals surface area contributed by atoms with Crippen LogP contribution >= 0.6 is 0 Å². The molecule has 1 saturated carbocycles. The van der Waals surface area contributed by atoms with Gasteiger partial charge in [-0.25, -0.2) is 0 Å². The Balaban J connectivity index is 1.71. The molecule has 2 nitrogen and oxygen atoms in total. The SMILES string of the molecule is CCCOCC1CC2OC2CC1C. The number of fused-ring (bicyclic) bond motifs is 1. The average molecular weight is 184 g/mol. The van der Waals surface area contributed by atoms with Gasteiger partial charge in [-0.05, 0) is 31.1 Å². The quantitative estimate of drug-likeness (QED) is 0.493. The molecule has 0 aromatic rings. The Hall–Kier alpha value is -0.0800. The third-order valence-electron chi connectivity index (χ3n) is 3.31. The molecule has 2 aliphatic rings. The highest BCUT2D eigenvalue weighted by molar-refractivity contribution is 4.94. The Morgan fingerprint density at radius 1 is 1.31 bits per heavy atom. The van der Waals surface area contributed by atoms with Crippen molar-refractivity contribution in [3.05, 3.63) is 0 Å². The van der Waals surface area contributed by atoms with Gasteiger partial charge in [-0.2, -0.15) is 0 Å². The van der Waals surface area contributed by atoms with Gasteiger partial charge in [0.1, 0.15) is 0 Å². The van der Waals surface area contributed by atoms with Gasteiger partial charge in [0.05, 0.1) is 12.2 Å². The number of ether oxygens (including phenoxy) is 2. The van der Waals surface area contributed by atoms with Crippen LogP contribution in [0, 0.1) is 11.8 Å². The number of epoxide rings is 1. The zero-order valence-electron chi connectivity index (χ0n) is 8.66. The Morgan fingerprint density at radius 3 is 2.85 bits per heavy atom. The molecule has 1 heterocycles. The van der Waals surface area contributed by atoms with Crippen LogP contribution in [0.15, 0.2) is 0 Å². The van der Waals surface area contributed by atoms with Crippen molar-refractivity contribution in [2.75, 3.05) is 13.2 Å². The monoisotopic (exact) mass is 184 g/mol. The maximum atomic E-state index is 5.60. The first kappa shape index (κ1) is 9.47. The Morgan fingerprint density at radius 2 is 2.08 bits per heavy atom. The summed E-state index contributed by atoms with van der Waals surface area (Å²) in [4.78, 5) is 0. The van der Waals surface area contributed by atoms with Gasteiger partial charge in [0.15, 0.2) is 0 Å². The van der Waals surface area contributed by atoms with Crippen molar-refractivity contribution in [2.45, 2.75) is 45.3 Å². The lowest BCUT2D eigenvalue weighted by Gasteiger charge is -2.25. The summed E-state index contributed by atoms with van der Waals surface area (Å²) in [5, 5.41) is 0. The van der Waals surface area contributed by atoms with Crippen molar-refractivity contribution < 1.29 is 9.47 Å². The van der Waals surface area contributed by atoms with E-state index in [0.717, 1.165) is 31.5 Å². The first-order chi connectivity index (χ1) is 6.31. The summed E-state index contributed by atoms with van der Waals surface area (Å²) in [6.07, 6.45) is 4.81. The minimum absolute atomic E-state index is 0.589. The highest BCUT2D eigenvalue weighted by Gasteiger charge is 2.46.